The Morgan fingerprint density at radius 2 is 2.35 bits per heavy atom. The summed E-state index contributed by atoms with van der Waals surface area (Å²) < 4.78 is 5.20. The summed E-state index contributed by atoms with van der Waals surface area (Å²) in [5.74, 6) is 1.05. The molecule has 1 atom stereocenters. The first-order valence-corrected chi connectivity index (χ1v) is 6.35. The van der Waals surface area contributed by atoms with Crippen molar-refractivity contribution in [3.63, 3.8) is 0 Å². The summed E-state index contributed by atoms with van der Waals surface area (Å²) >= 11 is 0. The summed E-state index contributed by atoms with van der Waals surface area (Å²) in [6.07, 6.45) is 4.37. The topological polar surface area (TPSA) is 71.1 Å². The predicted molar refractivity (Wildman–Crippen MR) is 66.1 cm³/mol. The van der Waals surface area contributed by atoms with E-state index in [1.54, 1.807) is 7.11 Å². The van der Waals surface area contributed by atoms with Gasteiger partial charge in [0.25, 0.3) is 0 Å². The summed E-state index contributed by atoms with van der Waals surface area (Å²) in [5.41, 5.74) is 5.90. The SMILES string of the molecule is COCC1CCN(CC2(CC(N)=NO)CC2)C1. The Bertz CT molecular complexity index is 289. The first-order valence-electron chi connectivity index (χ1n) is 6.35. The van der Waals surface area contributed by atoms with Gasteiger partial charge in [-0.2, -0.15) is 0 Å². The van der Waals surface area contributed by atoms with Crippen molar-refractivity contribution in [1.82, 2.24) is 4.90 Å². The number of oxime groups is 1. The smallest absolute Gasteiger partial charge is 0.139 e. The molecule has 98 valence electrons. The zero-order chi connectivity index (χ0) is 12.3. The van der Waals surface area contributed by atoms with Gasteiger partial charge in [0.05, 0.1) is 6.61 Å². The third-order valence-electron chi connectivity index (χ3n) is 3.97. The number of nitrogens with two attached hydrogens (primary N) is 1. The molecular formula is C12H23N3O2. The molecule has 0 aromatic carbocycles. The molecule has 0 aromatic rings. The van der Waals surface area contributed by atoms with E-state index in [1.807, 2.05) is 0 Å². The van der Waals surface area contributed by atoms with E-state index in [0.717, 1.165) is 32.7 Å². The zero-order valence-corrected chi connectivity index (χ0v) is 10.6. The molecule has 0 amide bonds. The van der Waals surface area contributed by atoms with Crippen LogP contribution in [0.25, 0.3) is 0 Å². The van der Waals surface area contributed by atoms with Crippen molar-refractivity contribution in [2.45, 2.75) is 25.7 Å². The van der Waals surface area contributed by atoms with E-state index in [0.29, 0.717) is 11.8 Å². The largest absolute Gasteiger partial charge is 0.409 e. The van der Waals surface area contributed by atoms with E-state index in [1.165, 1.54) is 19.3 Å². The van der Waals surface area contributed by atoms with Crippen LogP contribution in [-0.4, -0.2) is 49.3 Å². The van der Waals surface area contributed by atoms with E-state index in [4.69, 9.17) is 15.7 Å². The number of rotatable bonds is 6. The Hall–Kier alpha value is -0.810. The zero-order valence-electron chi connectivity index (χ0n) is 10.6. The quantitative estimate of drug-likeness (QED) is 0.313. The van der Waals surface area contributed by atoms with Crippen LogP contribution in [0.3, 0.4) is 0 Å². The van der Waals surface area contributed by atoms with Gasteiger partial charge >= 0.3 is 0 Å². The summed E-state index contributed by atoms with van der Waals surface area (Å²) in [7, 11) is 1.77. The Kier molecular flexibility index (Phi) is 3.89. The van der Waals surface area contributed by atoms with Gasteiger partial charge in [0, 0.05) is 26.6 Å². The molecule has 1 aliphatic heterocycles. The van der Waals surface area contributed by atoms with Crippen molar-refractivity contribution in [3.8, 4) is 0 Å². The summed E-state index contributed by atoms with van der Waals surface area (Å²) in [6, 6.07) is 0. The third kappa shape index (κ3) is 3.33. The fourth-order valence-corrected chi connectivity index (χ4v) is 2.89. The second-order valence-electron chi connectivity index (χ2n) is 5.61. The van der Waals surface area contributed by atoms with Crippen LogP contribution in [-0.2, 0) is 4.74 Å². The molecule has 2 aliphatic rings. The highest BCUT2D eigenvalue weighted by molar-refractivity contribution is 5.80. The van der Waals surface area contributed by atoms with Gasteiger partial charge in [-0.05, 0) is 37.1 Å². The molecule has 0 spiro atoms. The molecule has 3 N–H and O–H groups in total. The minimum Gasteiger partial charge on any atom is -0.409 e. The maximum absolute atomic E-state index is 8.63. The van der Waals surface area contributed by atoms with Crippen LogP contribution in [0.1, 0.15) is 25.7 Å². The van der Waals surface area contributed by atoms with Gasteiger partial charge in [-0.3, -0.25) is 0 Å². The lowest BCUT2D eigenvalue weighted by atomic mass is 10.0. The highest BCUT2D eigenvalue weighted by atomic mass is 16.5. The lowest BCUT2D eigenvalue weighted by molar-refractivity contribution is 0.150. The molecule has 1 saturated heterocycles. The van der Waals surface area contributed by atoms with E-state index < -0.39 is 0 Å². The van der Waals surface area contributed by atoms with Crippen LogP contribution < -0.4 is 5.73 Å². The second kappa shape index (κ2) is 5.23. The lowest BCUT2D eigenvalue weighted by Gasteiger charge is -2.23. The van der Waals surface area contributed by atoms with E-state index in [9.17, 15) is 0 Å². The first kappa shape index (κ1) is 12.6. The number of hydrogen-bond donors (Lipinski definition) is 2. The van der Waals surface area contributed by atoms with Crippen molar-refractivity contribution in [2.24, 2.45) is 22.2 Å². The molecule has 1 saturated carbocycles. The van der Waals surface area contributed by atoms with Crippen LogP contribution in [0.2, 0.25) is 0 Å². The van der Waals surface area contributed by atoms with Crippen LogP contribution in [0, 0.1) is 11.3 Å². The maximum atomic E-state index is 8.63. The lowest BCUT2D eigenvalue weighted by Crippen LogP contribution is -2.31. The van der Waals surface area contributed by atoms with Crippen LogP contribution in [0.4, 0.5) is 0 Å². The minimum absolute atomic E-state index is 0.290. The Morgan fingerprint density at radius 3 is 2.94 bits per heavy atom. The van der Waals surface area contributed by atoms with Gasteiger partial charge in [-0.25, -0.2) is 0 Å². The molecule has 2 rings (SSSR count). The van der Waals surface area contributed by atoms with Crippen molar-refractivity contribution < 1.29 is 9.94 Å². The molecule has 5 nitrogen and oxygen atoms in total. The predicted octanol–water partition coefficient (Wildman–Crippen LogP) is 0.871. The monoisotopic (exact) mass is 241 g/mol. The number of hydrogen-bond acceptors (Lipinski definition) is 4. The van der Waals surface area contributed by atoms with E-state index in [2.05, 4.69) is 10.1 Å². The van der Waals surface area contributed by atoms with E-state index in [-0.39, 0.29) is 5.41 Å². The van der Waals surface area contributed by atoms with Gasteiger partial charge in [0.15, 0.2) is 0 Å². The van der Waals surface area contributed by atoms with E-state index >= 15 is 0 Å². The Labute approximate surface area is 103 Å². The first-order chi connectivity index (χ1) is 8.17. The van der Waals surface area contributed by atoms with Crippen molar-refractivity contribution in [1.29, 1.82) is 0 Å². The molecule has 1 aliphatic carbocycles. The third-order valence-corrected chi connectivity index (χ3v) is 3.97. The highest BCUT2D eigenvalue weighted by Crippen LogP contribution is 2.49. The molecule has 0 aromatic heterocycles. The number of likely N-dealkylation sites (tertiary alicyclic amines) is 1. The fraction of sp³-hybridized carbons (Fsp3) is 0.917. The normalized spacial score (nSPS) is 28.5. The molecule has 0 bridgehead atoms. The van der Waals surface area contributed by atoms with Crippen molar-refractivity contribution >= 4 is 5.84 Å². The summed E-state index contributed by atoms with van der Waals surface area (Å²) in [5, 5.41) is 11.7. The standard InChI is InChI=1S/C12H23N3O2/c1-17-8-10-2-5-15(7-10)9-12(3-4-12)6-11(13)14-16/h10,16H,2-9H2,1H3,(H2,13,14). The van der Waals surface area contributed by atoms with Crippen LogP contribution in [0.15, 0.2) is 5.16 Å². The number of ether oxygens (including phenoxy) is 1. The second-order valence-corrected chi connectivity index (χ2v) is 5.61. The fourth-order valence-electron chi connectivity index (χ4n) is 2.89. The molecular weight excluding hydrogens is 218 g/mol. The Morgan fingerprint density at radius 1 is 1.59 bits per heavy atom. The molecule has 1 heterocycles. The number of methoxy groups -OCH3 is 1. The minimum atomic E-state index is 0.290. The Balaban J connectivity index is 1.78. The molecule has 0 radical (unpaired) electrons. The van der Waals surface area contributed by atoms with Gasteiger partial charge < -0.3 is 20.6 Å². The summed E-state index contributed by atoms with van der Waals surface area (Å²) in [4.78, 5) is 2.50. The molecule has 5 heteroatoms. The summed E-state index contributed by atoms with van der Waals surface area (Å²) in [6.45, 7) is 4.24. The van der Waals surface area contributed by atoms with Gasteiger partial charge in [-0.1, -0.05) is 5.16 Å². The van der Waals surface area contributed by atoms with Gasteiger partial charge in [0.2, 0.25) is 0 Å². The average molecular weight is 241 g/mol. The van der Waals surface area contributed by atoms with Gasteiger partial charge in [-0.15, -0.1) is 0 Å². The van der Waals surface area contributed by atoms with Crippen LogP contribution in [0.5, 0.6) is 0 Å². The molecule has 1 unspecified atom stereocenters. The molecule has 2 fully saturated rings. The van der Waals surface area contributed by atoms with Crippen molar-refractivity contribution in [3.05, 3.63) is 0 Å². The van der Waals surface area contributed by atoms with Crippen LogP contribution >= 0.6 is 0 Å². The average Bonchev–Trinajstić information content (AvgIpc) is 2.90. The maximum Gasteiger partial charge on any atom is 0.139 e. The van der Waals surface area contributed by atoms with Crippen molar-refractivity contribution in [2.75, 3.05) is 33.4 Å². The highest BCUT2D eigenvalue weighted by Gasteiger charge is 2.45. The molecule has 17 heavy (non-hydrogen) atoms. The number of nitrogens with zero attached hydrogens (tertiary/aromatic N) is 2. The number of amidine groups is 1. The van der Waals surface area contributed by atoms with Gasteiger partial charge in [0.1, 0.15) is 5.84 Å².